The van der Waals surface area contributed by atoms with Crippen LogP contribution in [0.1, 0.15) is 71.6 Å². The van der Waals surface area contributed by atoms with E-state index in [2.05, 4.69) is 39.1 Å². The molecule has 25 heavy (non-hydrogen) atoms. The third kappa shape index (κ3) is 2.53. The molecule has 3 fully saturated rings. The highest BCUT2D eigenvalue weighted by Gasteiger charge is 2.61. The van der Waals surface area contributed by atoms with Gasteiger partial charge in [-0.2, -0.15) is 25.3 Å². The zero-order valence-corrected chi connectivity index (χ0v) is 17.3. The van der Waals surface area contributed by atoms with Crippen molar-refractivity contribution < 1.29 is 9.90 Å². The number of carbonyl (C=O) groups excluding carboxylic acids is 1. The fourth-order valence-electron chi connectivity index (χ4n) is 7.30. The number of aliphatic hydroxyl groups is 1. The van der Waals surface area contributed by atoms with E-state index in [1.54, 1.807) is 0 Å². The van der Waals surface area contributed by atoms with Crippen molar-refractivity contribution in [1.82, 2.24) is 0 Å². The van der Waals surface area contributed by atoms with Crippen LogP contribution >= 0.6 is 25.3 Å². The Bertz CT molecular complexity index is 613. The van der Waals surface area contributed by atoms with Crippen LogP contribution in [0.3, 0.4) is 0 Å². The molecule has 1 N–H and O–H groups in total. The minimum Gasteiger partial charge on any atom is -0.393 e. The highest BCUT2D eigenvalue weighted by atomic mass is 32.2. The fraction of sp³-hybridized carbons (Fsp3) is 0.857. The van der Waals surface area contributed by atoms with Gasteiger partial charge in [-0.05, 0) is 86.0 Å². The van der Waals surface area contributed by atoms with Crippen molar-refractivity contribution in [2.24, 2.45) is 28.6 Å². The molecule has 2 nitrogen and oxygen atoms in total. The van der Waals surface area contributed by atoms with E-state index in [0.717, 1.165) is 38.5 Å². The molecule has 0 spiro atoms. The molecular weight excluding hydrogens is 348 g/mol. The molecule has 0 heterocycles. The average molecular weight is 381 g/mol. The molecule has 0 unspecified atom stereocenters. The number of hydrogen-bond donors (Lipinski definition) is 3. The van der Waals surface area contributed by atoms with Crippen molar-refractivity contribution in [2.75, 3.05) is 0 Å². The molecule has 0 saturated heterocycles. The average Bonchev–Trinajstić information content (AvgIpc) is 2.84. The highest BCUT2D eigenvalue weighted by Crippen LogP contribution is 2.67. The zero-order chi connectivity index (χ0) is 18.0. The van der Waals surface area contributed by atoms with Gasteiger partial charge >= 0.3 is 0 Å². The molecule has 6 atom stereocenters. The topological polar surface area (TPSA) is 37.3 Å². The summed E-state index contributed by atoms with van der Waals surface area (Å²) in [6.07, 6.45) is 11.5. The molecule has 4 rings (SSSR count). The summed E-state index contributed by atoms with van der Waals surface area (Å²) in [6, 6.07) is 0. The number of fused-ring (bicyclic) bond motifs is 5. The lowest BCUT2D eigenvalue weighted by molar-refractivity contribution is -0.119. The predicted octanol–water partition coefficient (Wildman–Crippen LogP) is 4.83. The Morgan fingerprint density at radius 1 is 1.20 bits per heavy atom. The molecule has 0 bridgehead atoms. The molecule has 140 valence electrons. The molecule has 0 amide bonds. The lowest BCUT2D eigenvalue weighted by Crippen LogP contribution is -2.54. The number of hydrogen-bond acceptors (Lipinski definition) is 4. The number of thiol groups is 2. The predicted molar refractivity (Wildman–Crippen MR) is 108 cm³/mol. The first kappa shape index (κ1) is 18.4. The molecule has 0 aliphatic heterocycles. The summed E-state index contributed by atoms with van der Waals surface area (Å²) in [7, 11) is 0. The monoisotopic (exact) mass is 380 g/mol. The first-order valence-electron chi connectivity index (χ1n) is 10.1. The van der Waals surface area contributed by atoms with Gasteiger partial charge in [0.1, 0.15) is 4.08 Å². The Kier molecular flexibility index (Phi) is 4.45. The highest BCUT2D eigenvalue weighted by molar-refractivity contribution is 8.02. The van der Waals surface area contributed by atoms with Gasteiger partial charge in [0.15, 0.2) is 5.78 Å². The van der Waals surface area contributed by atoms with Crippen molar-refractivity contribution in [3.8, 4) is 0 Å². The summed E-state index contributed by atoms with van der Waals surface area (Å²) in [4.78, 5) is 12.5. The van der Waals surface area contributed by atoms with Gasteiger partial charge in [-0.15, -0.1) is 0 Å². The van der Waals surface area contributed by atoms with E-state index in [0.29, 0.717) is 17.8 Å². The number of allylic oxidation sites excluding steroid dienone is 1. The second-order valence-corrected chi connectivity index (χ2v) is 11.4. The van der Waals surface area contributed by atoms with Crippen LogP contribution in [0.15, 0.2) is 11.6 Å². The summed E-state index contributed by atoms with van der Waals surface area (Å²) in [6.45, 7) is 4.59. The normalized spacial score (nSPS) is 48.4. The van der Waals surface area contributed by atoms with Crippen LogP contribution in [0.2, 0.25) is 0 Å². The Morgan fingerprint density at radius 2 is 1.96 bits per heavy atom. The third-order valence-electron chi connectivity index (χ3n) is 8.44. The van der Waals surface area contributed by atoms with Crippen LogP contribution in [0, 0.1) is 28.6 Å². The maximum Gasteiger partial charge on any atom is 0.181 e. The quantitative estimate of drug-likeness (QED) is 0.474. The van der Waals surface area contributed by atoms with Gasteiger partial charge in [-0.1, -0.05) is 25.8 Å². The first-order valence-corrected chi connectivity index (χ1v) is 11.0. The number of rotatable bonds is 2. The van der Waals surface area contributed by atoms with Gasteiger partial charge in [0, 0.05) is 0 Å². The van der Waals surface area contributed by atoms with Gasteiger partial charge < -0.3 is 5.11 Å². The van der Waals surface area contributed by atoms with Crippen molar-refractivity contribution in [3.63, 3.8) is 0 Å². The molecular formula is C21H32O2S2. The lowest BCUT2D eigenvalue weighted by atomic mass is 9.46. The van der Waals surface area contributed by atoms with Gasteiger partial charge in [0.2, 0.25) is 0 Å². The van der Waals surface area contributed by atoms with E-state index in [1.807, 2.05) is 6.08 Å². The van der Waals surface area contributed by atoms with Gasteiger partial charge in [0.05, 0.1) is 6.10 Å². The number of carbonyl (C=O) groups is 1. The SMILES string of the molecule is CCC[C@]12CC(S)(S)C(=O)C=C1CC[C@@H]1[C@@H]2CC[C@]2(C)[C@@H](O)CC[C@@H]12. The fourth-order valence-corrected chi connectivity index (χ4v) is 7.99. The van der Waals surface area contributed by atoms with Crippen LogP contribution in [0.25, 0.3) is 0 Å². The maximum absolute atomic E-state index is 12.5. The Balaban J connectivity index is 1.75. The summed E-state index contributed by atoms with van der Waals surface area (Å²) < 4.78 is -0.823. The molecule has 0 radical (unpaired) electrons. The molecule has 0 aromatic rings. The van der Waals surface area contributed by atoms with E-state index in [9.17, 15) is 9.90 Å². The number of ketones is 1. The van der Waals surface area contributed by atoms with E-state index in [-0.39, 0.29) is 22.7 Å². The Hall–Kier alpha value is 0.0700. The van der Waals surface area contributed by atoms with Crippen molar-refractivity contribution in [1.29, 1.82) is 0 Å². The van der Waals surface area contributed by atoms with Crippen molar-refractivity contribution in [3.05, 3.63) is 11.6 Å². The summed E-state index contributed by atoms with van der Waals surface area (Å²) in [5.41, 5.74) is 1.60. The van der Waals surface area contributed by atoms with Crippen LogP contribution < -0.4 is 0 Å². The Morgan fingerprint density at radius 3 is 2.68 bits per heavy atom. The minimum absolute atomic E-state index is 0.0799. The second-order valence-electron chi connectivity index (χ2n) is 9.49. The molecule has 0 aromatic carbocycles. The second kappa shape index (κ2) is 6.04. The summed E-state index contributed by atoms with van der Waals surface area (Å²) >= 11 is 9.34. The maximum atomic E-state index is 12.5. The standard InChI is InChI=1S/C21H32O2S2/c1-3-9-20-12-21(24,25)18(23)11-13(20)4-5-14-15-6-7-17(22)19(15,2)10-8-16(14)20/h11,14-17,22,24-25H,3-10,12H2,1-2H3/t14-,15-,16-,17-,19-,20-/m0/s1. The molecule has 3 saturated carbocycles. The van der Waals surface area contributed by atoms with Gasteiger partial charge in [0.25, 0.3) is 0 Å². The minimum atomic E-state index is -0.823. The van der Waals surface area contributed by atoms with Gasteiger partial charge in [-0.3, -0.25) is 4.79 Å². The van der Waals surface area contributed by atoms with E-state index >= 15 is 0 Å². The largest absolute Gasteiger partial charge is 0.393 e. The van der Waals surface area contributed by atoms with Crippen LogP contribution in [-0.4, -0.2) is 21.1 Å². The van der Waals surface area contributed by atoms with Crippen LogP contribution in [-0.2, 0) is 4.79 Å². The molecule has 0 aromatic heterocycles. The molecule has 4 heteroatoms. The first-order chi connectivity index (χ1) is 11.7. The number of aliphatic hydroxyl groups excluding tert-OH is 1. The van der Waals surface area contributed by atoms with Crippen molar-refractivity contribution in [2.45, 2.75) is 81.8 Å². The van der Waals surface area contributed by atoms with Crippen LogP contribution in [0.4, 0.5) is 0 Å². The molecule has 4 aliphatic carbocycles. The Labute approximate surface area is 163 Å². The molecule has 4 aliphatic rings. The summed E-state index contributed by atoms with van der Waals surface area (Å²) in [5, 5.41) is 10.6. The smallest absolute Gasteiger partial charge is 0.181 e. The van der Waals surface area contributed by atoms with Crippen LogP contribution in [0.5, 0.6) is 0 Å². The zero-order valence-electron chi connectivity index (χ0n) is 15.5. The van der Waals surface area contributed by atoms with E-state index in [1.165, 1.54) is 24.8 Å². The summed E-state index contributed by atoms with van der Waals surface area (Å²) in [5.74, 6) is 2.03. The van der Waals surface area contributed by atoms with Crippen molar-refractivity contribution >= 4 is 31.0 Å². The van der Waals surface area contributed by atoms with Gasteiger partial charge in [-0.25, -0.2) is 0 Å². The lowest BCUT2D eigenvalue weighted by Gasteiger charge is -2.60. The third-order valence-corrected chi connectivity index (χ3v) is 9.20. The van der Waals surface area contributed by atoms with E-state index in [4.69, 9.17) is 0 Å². The van der Waals surface area contributed by atoms with E-state index < -0.39 is 4.08 Å².